The maximum Gasteiger partial charge on any atom is 0.326 e. The van der Waals surface area contributed by atoms with Crippen LogP contribution in [0.2, 0.25) is 5.02 Å². The van der Waals surface area contributed by atoms with Gasteiger partial charge in [0.1, 0.15) is 0 Å². The van der Waals surface area contributed by atoms with Crippen LogP contribution in [0.15, 0.2) is 23.0 Å². The zero-order chi connectivity index (χ0) is 11.1. The second kappa shape index (κ2) is 3.64. The highest BCUT2D eigenvalue weighted by Crippen LogP contribution is 2.23. The average Bonchev–Trinajstić information content (AvgIpc) is 2.83. The number of aromatic amines is 1. The highest BCUT2D eigenvalue weighted by molar-refractivity contribution is 6.31. The molecule has 0 radical (unpaired) electrons. The van der Waals surface area contributed by atoms with Gasteiger partial charge in [0.15, 0.2) is 0 Å². The molecule has 1 fully saturated rings. The number of hydrogen-bond acceptors (Lipinski definition) is 2. The van der Waals surface area contributed by atoms with Crippen molar-refractivity contribution in [1.82, 2.24) is 9.55 Å². The van der Waals surface area contributed by atoms with Crippen molar-refractivity contribution in [1.29, 1.82) is 0 Å². The molecule has 1 aromatic heterocycles. The summed E-state index contributed by atoms with van der Waals surface area (Å²) in [6, 6.07) is 5.54. The van der Waals surface area contributed by atoms with E-state index in [1.54, 1.807) is 10.6 Å². The lowest BCUT2D eigenvalue weighted by molar-refractivity contribution is 0.186. The Bertz CT molecular complexity index is 581. The highest BCUT2D eigenvalue weighted by atomic mass is 35.5. The Morgan fingerprint density at radius 1 is 1.50 bits per heavy atom. The summed E-state index contributed by atoms with van der Waals surface area (Å²) in [5.41, 5.74) is 1.59. The minimum atomic E-state index is -0.0900. The second-order valence-corrected chi connectivity index (χ2v) is 4.42. The summed E-state index contributed by atoms with van der Waals surface area (Å²) in [4.78, 5) is 14.7. The molecule has 0 aliphatic carbocycles. The quantitative estimate of drug-likeness (QED) is 0.826. The molecule has 1 unspecified atom stereocenters. The van der Waals surface area contributed by atoms with E-state index in [1.165, 1.54) is 0 Å². The van der Waals surface area contributed by atoms with Crippen LogP contribution >= 0.6 is 11.6 Å². The van der Waals surface area contributed by atoms with Crippen LogP contribution in [0.1, 0.15) is 12.5 Å². The van der Waals surface area contributed by atoms with E-state index < -0.39 is 0 Å². The van der Waals surface area contributed by atoms with Crippen molar-refractivity contribution in [2.24, 2.45) is 0 Å². The lowest BCUT2D eigenvalue weighted by Gasteiger charge is -2.09. The van der Waals surface area contributed by atoms with Gasteiger partial charge in [-0.15, -0.1) is 0 Å². The van der Waals surface area contributed by atoms with Gasteiger partial charge >= 0.3 is 5.69 Å². The maximum atomic E-state index is 11.8. The fourth-order valence-electron chi connectivity index (χ4n) is 2.18. The highest BCUT2D eigenvalue weighted by Gasteiger charge is 2.21. The van der Waals surface area contributed by atoms with Crippen LogP contribution in [-0.4, -0.2) is 22.8 Å². The molecule has 0 bridgehead atoms. The number of nitrogens with one attached hydrogen (secondary N) is 1. The van der Waals surface area contributed by atoms with Crippen LogP contribution < -0.4 is 5.69 Å². The van der Waals surface area contributed by atoms with Crippen LogP contribution in [0.3, 0.4) is 0 Å². The van der Waals surface area contributed by atoms with Crippen LogP contribution in [0.4, 0.5) is 0 Å². The molecule has 4 nitrogen and oxygen atoms in total. The topological polar surface area (TPSA) is 47.0 Å². The van der Waals surface area contributed by atoms with Crippen molar-refractivity contribution >= 4 is 22.6 Å². The van der Waals surface area contributed by atoms with Crippen molar-refractivity contribution in [2.75, 3.05) is 13.2 Å². The first-order valence-corrected chi connectivity index (χ1v) is 5.61. The van der Waals surface area contributed by atoms with Gasteiger partial charge in [0, 0.05) is 11.6 Å². The molecule has 0 amide bonds. The smallest absolute Gasteiger partial charge is 0.326 e. The number of hydrogen-bond donors (Lipinski definition) is 1. The Kier molecular flexibility index (Phi) is 2.26. The molecule has 1 aliphatic rings. The van der Waals surface area contributed by atoms with Gasteiger partial charge in [-0.05, 0) is 24.6 Å². The molecule has 1 N–H and O–H groups in total. The molecule has 1 aliphatic heterocycles. The van der Waals surface area contributed by atoms with Gasteiger partial charge in [-0.2, -0.15) is 0 Å². The van der Waals surface area contributed by atoms with Gasteiger partial charge in [0.05, 0.1) is 23.7 Å². The summed E-state index contributed by atoms with van der Waals surface area (Å²) in [6.45, 7) is 1.31. The van der Waals surface area contributed by atoms with E-state index in [0.717, 1.165) is 17.5 Å². The summed E-state index contributed by atoms with van der Waals surface area (Å²) in [5.74, 6) is 0. The van der Waals surface area contributed by atoms with Gasteiger partial charge in [-0.3, -0.25) is 4.57 Å². The van der Waals surface area contributed by atoms with Gasteiger partial charge in [-0.1, -0.05) is 11.6 Å². The number of ether oxygens (including phenoxy) is 1. The number of imidazole rings is 1. The Morgan fingerprint density at radius 2 is 2.38 bits per heavy atom. The molecule has 5 heteroatoms. The molecule has 2 aromatic rings. The fourth-order valence-corrected chi connectivity index (χ4v) is 2.35. The lowest BCUT2D eigenvalue weighted by Crippen LogP contribution is -2.22. The first kappa shape index (κ1) is 9.93. The van der Waals surface area contributed by atoms with Gasteiger partial charge < -0.3 is 9.72 Å². The van der Waals surface area contributed by atoms with E-state index in [4.69, 9.17) is 16.3 Å². The van der Waals surface area contributed by atoms with Crippen LogP contribution in [0.25, 0.3) is 11.0 Å². The Hall–Kier alpha value is -1.26. The largest absolute Gasteiger partial charge is 0.379 e. The van der Waals surface area contributed by atoms with E-state index in [0.29, 0.717) is 18.2 Å². The molecule has 1 atom stereocenters. The lowest BCUT2D eigenvalue weighted by atomic mass is 10.2. The number of rotatable bonds is 1. The monoisotopic (exact) mass is 238 g/mol. The molecular formula is C11H11ClN2O2. The van der Waals surface area contributed by atoms with Crippen molar-refractivity contribution < 1.29 is 4.74 Å². The van der Waals surface area contributed by atoms with Crippen molar-refractivity contribution in [3.8, 4) is 0 Å². The molecule has 0 saturated carbocycles. The van der Waals surface area contributed by atoms with E-state index in [-0.39, 0.29) is 11.7 Å². The zero-order valence-electron chi connectivity index (χ0n) is 8.57. The molecule has 2 heterocycles. The van der Waals surface area contributed by atoms with Crippen molar-refractivity contribution in [2.45, 2.75) is 12.5 Å². The van der Waals surface area contributed by atoms with Gasteiger partial charge in [0.2, 0.25) is 0 Å². The van der Waals surface area contributed by atoms with Gasteiger partial charge in [0.25, 0.3) is 0 Å². The Morgan fingerprint density at radius 3 is 3.12 bits per heavy atom. The summed E-state index contributed by atoms with van der Waals surface area (Å²) in [6.07, 6.45) is 0.874. The normalized spacial score (nSPS) is 20.7. The minimum Gasteiger partial charge on any atom is -0.379 e. The Balaban J connectivity index is 2.25. The fraction of sp³-hybridized carbons (Fsp3) is 0.364. The van der Waals surface area contributed by atoms with Crippen molar-refractivity contribution in [3.05, 3.63) is 33.7 Å². The molecule has 0 spiro atoms. The van der Waals surface area contributed by atoms with Gasteiger partial charge in [-0.25, -0.2) is 4.79 Å². The first-order valence-electron chi connectivity index (χ1n) is 5.23. The molecule has 1 aromatic carbocycles. The molecule has 16 heavy (non-hydrogen) atoms. The number of aromatic nitrogens is 2. The summed E-state index contributed by atoms with van der Waals surface area (Å²) < 4.78 is 7.05. The van der Waals surface area contributed by atoms with E-state index in [9.17, 15) is 4.79 Å². The molecule has 84 valence electrons. The summed E-state index contributed by atoms with van der Waals surface area (Å²) in [5, 5.41) is 0.638. The Labute approximate surface area is 96.8 Å². The van der Waals surface area contributed by atoms with Crippen LogP contribution in [0.5, 0.6) is 0 Å². The number of benzene rings is 1. The number of halogens is 1. The second-order valence-electron chi connectivity index (χ2n) is 3.98. The summed E-state index contributed by atoms with van der Waals surface area (Å²) >= 11 is 5.95. The van der Waals surface area contributed by atoms with E-state index >= 15 is 0 Å². The molecular weight excluding hydrogens is 228 g/mol. The SMILES string of the molecule is O=c1[nH]c2ccc(Cl)cc2n1C1CCOC1. The van der Waals surface area contributed by atoms with Crippen LogP contribution in [0, 0.1) is 0 Å². The zero-order valence-corrected chi connectivity index (χ0v) is 9.33. The average molecular weight is 239 g/mol. The predicted octanol–water partition coefficient (Wildman–Crippen LogP) is 1.94. The van der Waals surface area contributed by atoms with E-state index in [1.807, 2.05) is 12.1 Å². The predicted molar refractivity (Wildman–Crippen MR) is 62.0 cm³/mol. The standard InChI is InChI=1S/C11H11ClN2O2/c12-7-1-2-9-10(5-7)14(11(15)13-9)8-3-4-16-6-8/h1-2,5,8H,3-4,6H2,(H,13,15). The third kappa shape index (κ3) is 1.45. The van der Waals surface area contributed by atoms with E-state index in [2.05, 4.69) is 4.98 Å². The minimum absolute atomic E-state index is 0.0900. The van der Waals surface area contributed by atoms with Crippen LogP contribution in [-0.2, 0) is 4.74 Å². The number of fused-ring (bicyclic) bond motifs is 1. The van der Waals surface area contributed by atoms with Crippen molar-refractivity contribution in [3.63, 3.8) is 0 Å². The maximum absolute atomic E-state index is 11.8. The number of H-pyrrole nitrogens is 1. The molecule has 3 rings (SSSR count). The first-order chi connectivity index (χ1) is 7.75. The molecule has 1 saturated heterocycles. The third-order valence-corrected chi connectivity index (χ3v) is 3.19. The number of nitrogens with zero attached hydrogens (tertiary/aromatic N) is 1. The third-order valence-electron chi connectivity index (χ3n) is 2.95. The summed E-state index contributed by atoms with van der Waals surface area (Å²) in [7, 11) is 0.